The van der Waals surface area contributed by atoms with Gasteiger partial charge in [-0.3, -0.25) is 9.59 Å². The minimum atomic E-state index is -1.21. The van der Waals surface area contributed by atoms with E-state index in [4.69, 9.17) is 5.11 Å². The van der Waals surface area contributed by atoms with Gasteiger partial charge in [0.05, 0.1) is 35.6 Å². The molecule has 220 valence electrons. The van der Waals surface area contributed by atoms with Crippen LogP contribution in [-0.2, 0) is 11.3 Å². The lowest BCUT2D eigenvalue weighted by Crippen LogP contribution is -2.22. The quantitative estimate of drug-likeness (QED) is 0.130. The van der Waals surface area contributed by atoms with Crippen LogP contribution in [0.5, 0.6) is 5.75 Å². The number of phenolic OH excluding ortho intramolecular Hbond substituents is 1. The summed E-state index contributed by atoms with van der Waals surface area (Å²) in [5.41, 5.74) is 3.94. The molecular formula is C33H35FN2O6. The van der Waals surface area contributed by atoms with E-state index in [1.165, 1.54) is 18.2 Å². The Bertz CT molecular complexity index is 1530. The van der Waals surface area contributed by atoms with Gasteiger partial charge in [0, 0.05) is 17.8 Å². The van der Waals surface area contributed by atoms with Gasteiger partial charge in [-0.1, -0.05) is 56.3 Å². The van der Waals surface area contributed by atoms with Crippen LogP contribution in [-0.4, -0.2) is 49.1 Å². The molecule has 9 heteroatoms. The molecule has 0 aliphatic carbocycles. The Kier molecular flexibility index (Phi) is 9.77. The van der Waals surface area contributed by atoms with Crippen molar-refractivity contribution in [3.8, 4) is 28.1 Å². The summed E-state index contributed by atoms with van der Waals surface area (Å²) < 4.78 is 16.0. The molecule has 8 nitrogen and oxygen atoms in total. The first kappa shape index (κ1) is 30.5. The molecular weight excluding hydrogens is 545 g/mol. The van der Waals surface area contributed by atoms with Crippen LogP contribution >= 0.6 is 0 Å². The summed E-state index contributed by atoms with van der Waals surface area (Å²) >= 11 is 0. The molecule has 3 aromatic carbocycles. The molecule has 0 fully saturated rings. The molecule has 5 N–H and O–H groups in total. The highest BCUT2D eigenvalue weighted by Gasteiger charge is 2.31. The van der Waals surface area contributed by atoms with Crippen LogP contribution in [0.15, 0.2) is 78.9 Å². The molecule has 42 heavy (non-hydrogen) atoms. The molecule has 1 aromatic heterocycles. The summed E-state index contributed by atoms with van der Waals surface area (Å²) in [6.07, 6.45) is -2.66. The number of halogens is 1. The number of hydrogen-bond acceptors (Lipinski definition) is 5. The van der Waals surface area contributed by atoms with E-state index in [2.05, 4.69) is 5.32 Å². The van der Waals surface area contributed by atoms with Gasteiger partial charge in [0.15, 0.2) is 0 Å². The molecule has 0 spiro atoms. The number of phenols is 1. The number of aliphatic hydroxyl groups is 2. The van der Waals surface area contributed by atoms with Crippen LogP contribution in [0.2, 0.25) is 0 Å². The third-order valence-electron chi connectivity index (χ3n) is 7.05. The fourth-order valence-corrected chi connectivity index (χ4v) is 5.25. The van der Waals surface area contributed by atoms with Crippen molar-refractivity contribution in [1.82, 2.24) is 4.57 Å². The standard InChI is InChI=1S/C33H35FN2O6/c1-20(2)31-30(33(42)35-26-10-6-7-11-27(26)39)29(21-8-4-3-5-9-21)32(22-12-14-23(34)15-13-22)36(31)17-16-24(37)18-25(38)19-28(40)41/h3-15,20,24-25,37-39H,16-19H2,1-2H3,(H,35,42)(H,40,41)/t24-,25-/m1/s1/i6+1,7+1,10+1,11+1,26+1,27+1. The second kappa shape index (κ2) is 13.5. The van der Waals surface area contributed by atoms with Crippen LogP contribution in [0.25, 0.3) is 22.4 Å². The summed E-state index contributed by atoms with van der Waals surface area (Å²) in [7, 11) is 0. The number of carboxylic acids is 1. The Balaban J connectivity index is 1.91. The third kappa shape index (κ3) is 7.05. The number of aromatic hydroxyl groups is 1. The van der Waals surface area contributed by atoms with Gasteiger partial charge in [0.2, 0.25) is 0 Å². The second-order valence-corrected chi connectivity index (χ2v) is 10.6. The number of aliphatic carboxylic acids is 1. The number of carbonyl (C=O) groups excluding carboxylic acids is 1. The molecule has 0 radical (unpaired) electrons. The smallest absolute Gasteiger partial charge is 0.305 e. The van der Waals surface area contributed by atoms with E-state index in [0.717, 1.165) is 5.56 Å². The third-order valence-corrected chi connectivity index (χ3v) is 7.05. The largest absolute Gasteiger partial charge is 0.506 e. The molecule has 0 saturated carbocycles. The average Bonchev–Trinajstić information content (AvgIpc) is 3.29. The van der Waals surface area contributed by atoms with E-state index in [1.807, 2.05) is 48.7 Å². The Morgan fingerprint density at radius 1 is 0.881 bits per heavy atom. The second-order valence-electron chi connectivity index (χ2n) is 10.6. The topological polar surface area (TPSA) is 132 Å². The number of carbonyl (C=O) groups is 2. The van der Waals surface area contributed by atoms with Gasteiger partial charge in [-0.2, -0.15) is 0 Å². The van der Waals surface area contributed by atoms with Gasteiger partial charge in [-0.15, -0.1) is 0 Å². The molecule has 1 amide bonds. The number of nitrogens with zero attached hydrogens (tertiary/aromatic N) is 1. The van der Waals surface area contributed by atoms with E-state index in [9.17, 15) is 29.3 Å². The number of hydrogen-bond donors (Lipinski definition) is 5. The van der Waals surface area contributed by atoms with Crippen molar-refractivity contribution in [3.63, 3.8) is 0 Å². The van der Waals surface area contributed by atoms with Crippen molar-refractivity contribution in [1.29, 1.82) is 0 Å². The van der Waals surface area contributed by atoms with Crippen molar-refractivity contribution in [2.45, 2.75) is 57.8 Å². The first-order valence-corrected chi connectivity index (χ1v) is 13.8. The first-order valence-electron chi connectivity index (χ1n) is 13.8. The molecule has 4 aromatic rings. The minimum absolute atomic E-state index is 0.0839. The van der Waals surface area contributed by atoms with Crippen molar-refractivity contribution in [2.24, 2.45) is 0 Å². The fourth-order valence-electron chi connectivity index (χ4n) is 5.25. The van der Waals surface area contributed by atoms with Crippen LogP contribution < -0.4 is 5.32 Å². The maximum absolute atomic E-state index is 14.1. The average molecular weight is 581 g/mol. The summed E-state index contributed by atoms with van der Waals surface area (Å²) in [6, 6.07) is 21.7. The highest BCUT2D eigenvalue weighted by molar-refractivity contribution is 6.13. The number of rotatable bonds is 12. The molecule has 0 saturated heterocycles. The van der Waals surface area contributed by atoms with Crippen molar-refractivity contribution in [3.05, 3.63) is 95.9 Å². The van der Waals surface area contributed by atoms with E-state index in [0.29, 0.717) is 28.1 Å². The van der Waals surface area contributed by atoms with Gasteiger partial charge < -0.3 is 30.3 Å². The predicted molar refractivity (Wildman–Crippen MR) is 159 cm³/mol. The Labute approximate surface area is 243 Å². The van der Waals surface area contributed by atoms with Crippen molar-refractivity contribution >= 4 is 17.6 Å². The summed E-state index contributed by atoms with van der Waals surface area (Å²) in [6.45, 7) is 4.11. The minimum Gasteiger partial charge on any atom is -0.506 e. The summed E-state index contributed by atoms with van der Waals surface area (Å²) in [4.78, 5) is 25.1. The first-order chi connectivity index (χ1) is 20.1. The van der Waals surface area contributed by atoms with Crippen molar-refractivity contribution in [2.75, 3.05) is 5.32 Å². The van der Waals surface area contributed by atoms with Gasteiger partial charge in [-0.05, 0) is 66.3 Å². The van der Waals surface area contributed by atoms with Gasteiger partial charge in [0.25, 0.3) is 5.91 Å². The summed E-state index contributed by atoms with van der Waals surface area (Å²) in [5, 5.41) is 43.0. The highest BCUT2D eigenvalue weighted by Crippen LogP contribution is 2.43. The van der Waals surface area contributed by atoms with Crippen LogP contribution in [0.3, 0.4) is 0 Å². The predicted octanol–water partition coefficient (Wildman–Crippen LogP) is 6.02. The zero-order chi connectivity index (χ0) is 30.4. The molecule has 0 bridgehead atoms. The number of nitrogens with one attached hydrogen (secondary N) is 1. The van der Waals surface area contributed by atoms with E-state index < -0.39 is 36.3 Å². The molecule has 0 aliphatic heterocycles. The zero-order valence-electron chi connectivity index (χ0n) is 23.5. The van der Waals surface area contributed by atoms with Crippen LogP contribution in [0.1, 0.15) is 55.1 Å². The number of para-hydroxylation sites is 2. The Hall–Kier alpha value is -4.47. The fraction of sp³-hybridized carbons (Fsp3) is 0.273. The zero-order valence-corrected chi connectivity index (χ0v) is 23.5. The monoisotopic (exact) mass is 580 g/mol. The number of amides is 1. The maximum atomic E-state index is 14.1. The number of anilines is 1. The Morgan fingerprint density at radius 3 is 2.14 bits per heavy atom. The molecule has 2 atom stereocenters. The number of aromatic nitrogens is 1. The SMILES string of the molecule is CC(C)c1c(C(=O)N[13c]2[13cH][13cH][13cH][13cH][13c]2O)c(-c2ccccc2)c(-c2ccc(F)cc2)n1CC[C@@H](O)C[C@@H](O)CC(=O)O. The van der Waals surface area contributed by atoms with Crippen molar-refractivity contribution < 1.29 is 34.4 Å². The molecule has 0 unspecified atom stereocenters. The van der Waals surface area contributed by atoms with Gasteiger partial charge >= 0.3 is 5.97 Å². The number of aliphatic hydroxyl groups excluding tert-OH is 2. The maximum Gasteiger partial charge on any atom is 0.305 e. The lowest BCUT2D eigenvalue weighted by atomic mass is 9.94. The number of carboxylic acid groups (broad SMARTS) is 1. The Morgan fingerprint density at radius 2 is 1.52 bits per heavy atom. The van der Waals surface area contributed by atoms with E-state index in [1.54, 1.807) is 30.3 Å². The highest BCUT2D eigenvalue weighted by atomic mass is 19.1. The number of benzene rings is 3. The lowest BCUT2D eigenvalue weighted by molar-refractivity contribution is -0.139. The van der Waals surface area contributed by atoms with Crippen LogP contribution in [0.4, 0.5) is 10.1 Å². The molecule has 1 heterocycles. The molecule has 0 aliphatic rings. The molecule has 4 rings (SSSR count). The van der Waals surface area contributed by atoms with Gasteiger partial charge in [-0.25, -0.2) is 4.39 Å². The van der Waals surface area contributed by atoms with E-state index >= 15 is 0 Å². The normalized spacial score (nSPS) is 12.7. The van der Waals surface area contributed by atoms with E-state index in [-0.39, 0.29) is 36.7 Å². The van der Waals surface area contributed by atoms with Gasteiger partial charge in [0.1, 0.15) is 11.6 Å². The van der Waals surface area contributed by atoms with Crippen LogP contribution in [0, 0.1) is 5.82 Å². The lowest BCUT2D eigenvalue weighted by Gasteiger charge is -2.20. The summed E-state index contributed by atoms with van der Waals surface area (Å²) in [5.74, 6) is -2.28.